The summed E-state index contributed by atoms with van der Waals surface area (Å²) in [5.41, 5.74) is 1.18. The number of nitrogens with zero attached hydrogens (tertiary/aromatic N) is 4. The zero-order chi connectivity index (χ0) is 13.6. The molecular weight excluding hydrogens is 287 g/mol. The van der Waals surface area contributed by atoms with E-state index in [2.05, 4.69) is 28.8 Å². The average Bonchev–Trinajstić information content (AvgIpc) is 2.92. The first-order valence-corrected chi connectivity index (χ1v) is 7.06. The van der Waals surface area contributed by atoms with Gasteiger partial charge in [-0.15, -0.1) is 0 Å². The Labute approximate surface area is 120 Å². The van der Waals surface area contributed by atoms with E-state index in [1.807, 2.05) is 4.57 Å². The second-order valence-electron chi connectivity index (χ2n) is 4.86. The molecule has 0 bridgehead atoms. The fourth-order valence-corrected chi connectivity index (χ4v) is 3.03. The van der Waals surface area contributed by atoms with Gasteiger partial charge in [0.15, 0.2) is 10.8 Å². The van der Waals surface area contributed by atoms with Crippen LogP contribution in [0.15, 0.2) is 6.33 Å². The van der Waals surface area contributed by atoms with Gasteiger partial charge in [-0.3, -0.25) is 4.57 Å². The third kappa shape index (κ3) is 2.20. The molecule has 2 aromatic heterocycles. The largest absolute Gasteiger partial charge is 0.354 e. The molecule has 1 fully saturated rings. The van der Waals surface area contributed by atoms with Crippen LogP contribution in [0.2, 0.25) is 10.4 Å². The first kappa shape index (κ1) is 13.1. The second-order valence-corrected chi connectivity index (χ2v) is 5.55. The van der Waals surface area contributed by atoms with Crippen molar-refractivity contribution < 1.29 is 4.74 Å². The normalized spacial score (nSPS) is 27.3. The molecule has 1 aliphatic heterocycles. The zero-order valence-electron chi connectivity index (χ0n) is 10.7. The van der Waals surface area contributed by atoms with Crippen molar-refractivity contribution in [1.82, 2.24) is 19.5 Å². The summed E-state index contributed by atoms with van der Waals surface area (Å²) in [6, 6.07) is 0. The van der Waals surface area contributed by atoms with Crippen molar-refractivity contribution in [2.75, 3.05) is 0 Å². The molecular formula is C12H14Cl2N4O. The first-order valence-electron chi connectivity index (χ1n) is 6.31. The summed E-state index contributed by atoms with van der Waals surface area (Å²) < 4.78 is 7.92. The van der Waals surface area contributed by atoms with Crippen molar-refractivity contribution in [3.05, 3.63) is 16.8 Å². The monoisotopic (exact) mass is 300 g/mol. The van der Waals surface area contributed by atoms with Crippen molar-refractivity contribution in [2.45, 2.75) is 39.0 Å². The standard InChI is InChI=1S/C12H14Cl2N4O/c1-3-7-6(2)4-8(19-7)18-5-15-9-10(13)16-12(14)17-11(9)18/h5-8H,3-4H2,1-2H3. The molecule has 3 atom stereocenters. The van der Waals surface area contributed by atoms with Gasteiger partial charge in [-0.05, 0) is 30.4 Å². The third-order valence-corrected chi connectivity index (χ3v) is 4.04. The highest BCUT2D eigenvalue weighted by molar-refractivity contribution is 6.35. The molecule has 0 aliphatic carbocycles. The van der Waals surface area contributed by atoms with Crippen molar-refractivity contribution >= 4 is 34.4 Å². The molecule has 5 nitrogen and oxygen atoms in total. The summed E-state index contributed by atoms with van der Waals surface area (Å²) in [7, 11) is 0. The van der Waals surface area contributed by atoms with Crippen LogP contribution in [0.25, 0.3) is 11.2 Å². The third-order valence-electron chi connectivity index (χ3n) is 3.60. The van der Waals surface area contributed by atoms with E-state index in [9.17, 15) is 0 Å². The van der Waals surface area contributed by atoms with Crippen LogP contribution in [0, 0.1) is 5.92 Å². The molecule has 0 spiro atoms. The predicted octanol–water partition coefficient (Wildman–Crippen LogP) is 3.47. The van der Waals surface area contributed by atoms with Crippen molar-refractivity contribution in [1.29, 1.82) is 0 Å². The summed E-state index contributed by atoms with van der Waals surface area (Å²) >= 11 is 11.9. The van der Waals surface area contributed by atoms with Gasteiger partial charge in [-0.2, -0.15) is 4.98 Å². The Morgan fingerprint density at radius 1 is 1.42 bits per heavy atom. The molecule has 2 aromatic rings. The first-order chi connectivity index (χ1) is 9.10. The highest BCUT2D eigenvalue weighted by atomic mass is 35.5. The van der Waals surface area contributed by atoms with Crippen molar-refractivity contribution in [3.8, 4) is 0 Å². The Hall–Kier alpha value is -0.910. The van der Waals surface area contributed by atoms with Crippen LogP contribution in [0.4, 0.5) is 0 Å². The average molecular weight is 301 g/mol. The Morgan fingerprint density at radius 3 is 2.89 bits per heavy atom. The van der Waals surface area contributed by atoms with Crippen LogP contribution in [0.5, 0.6) is 0 Å². The lowest BCUT2D eigenvalue weighted by atomic mass is 10.0. The van der Waals surface area contributed by atoms with Crippen LogP contribution >= 0.6 is 23.2 Å². The SMILES string of the molecule is CCC1OC(n2cnc3c(Cl)nc(Cl)nc32)CC1C. The van der Waals surface area contributed by atoms with E-state index >= 15 is 0 Å². The Balaban J connectivity index is 2.02. The topological polar surface area (TPSA) is 52.8 Å². The van der Waals surface area contributed by atoms with Crippen LogP contribution in [0.1, 0.15) is 32.9 Å². The van der Waals surface area contributed by atoms with E-state index in [0.29, 0.717) is 17.1 Å². The molecule has 7 heteroatoms. The number of fused-ring (bicyclic) bond motifs is 1. The minimum Gasteiger partial charge on any atom is -0.354 e. The molecule has 0 saturated carbocycles. The van der Waals surface area contributed by atoms with Gasteiger partial charge in [0.1, 0.15) is 11.7 Å². The summed E-state index contributed by atoms with van der Waals surface area (Å²) in [5, 5.41) is 0.393. The van der Waals surface area contributed by atoms with E-state index in [1.54, 1.807) is 6.33 Å². The lowest BCUT2D eigenvalue weighted by molar-refractivity contribution is -0.00304. The lowest BCUT2D eigenvalue weighted by Crippen LogP contribution is -2.12. The van der Waals surface area contributed by atoms with Gasteiger partial charge in [0.2, 0.25) is 5.28 Å². The molecule has 1 aliphatic rings. The predicted molar refractivity (Wildman–Crippen MR) is 73.3 cm³/mol. The van der Waals surface area contributed by atoms with Gasteiger partial charge in [-0.1, -0.05) is 25.4 Å². The van der Waals surface area contributed by atoms with Crippen molar-refractivity contribution in [3.63, 3.8) is 0 Å². The van der Waals surface area contributed by atoms with Crippen LogP contribution in [0.3, 0.4) is 0 Å². The van der Waals surface area contributed by atoms with E-state index in [-0.39, 0.29) is 22.8 Å². The van der Waals surface area contributed by atoms with Gasteiger partial charge in [0.25, 0.3) is 0 Å². The fraction of sp³-hybridized carbons (Fsp3) is 0.583. The number of hydrogen-bond acceptors (Lipinski definition) is 4. The summed E-state index contributed by atoms with van der Waals surface area (Å²) in [5.74, 6) is 0.514. The zero-order valence-corrected chi connectivity index (χ0v) is 12.2. The minimum absolute atomic E-state index is 0.0630. The Morgan fingerprint density at radius 2 is 2.21 bits per heavy atom. The van der Waals surface area contributed by atoms with Gasteiger partial charge in [0.05, 0.1) is 12.4 Å². The number of aromatic nitrogens is 4. The molecule has 102 valence electrons. The molecule has 1 saturated heterocycles. The van der Waals surface area contributed by atoms with Gasteiger partial charge in [-0.25, -0.2) is 9.97 Å². The molecule has 0 radical (unpaired) electrons. The number of ether oxygens (including phenoxy) is 1. The maximum Gasteiger partial charge on any atom is 0.225 e. The Kier molecular flexibility index (Phi) is 3.37. The number of rotatable bonds is 2. The number of halogens is 2. The van der Waals surface area contributed by atoms with Crippen molar-refractivity contribution in [2.24, 2.45) is 5.92 Å². The number of imidazole rings is 1. The second kappa shape index (κ2) is 4.89. The van der Waals surface area contributed by atoms with Gasteiger partial charge in [0, 0.05) is 0 Å². The van der Waals surface area contributed by atoms with Gasteiger partial charge < -0.3 is 4.74 Å². The fourth-order valence-electron chi connectivity index (χ4n) is 2.61. The van der Waals surface area contributed by atoms with E-state index in [4.69, 9.17) is 27.9 Å². The quantitative estimate of drug-likeness (QED) is 0.629. The summed E-state index contributed by atoms with van der Waals surface area (Å²) in [6.07, 6.45) is 3.84. The highest BCUT2D eigenvalue weighted by Gasteiger charge is 2.33. The molecule has 0 N–H and O–H groups in total. The maximum atomic E-state index is 6.03. The number of hydrogen-bond donors (Lipinski definition) is 0. The highest BCUT2D eigenvalue weighted by Crippen LogP contribution is 2.36. The smallest absolute Gasteiger partial charge is 0.225 e. The van der Waals surface area contributed by atoms with Crippen LogP contribution < -0.4 is 0 Å². The molecule has 19 heavy (non-hydrogen) atoms. The van der Waals surface area contributed by atoms with Crippen LogP contribution in [-0.2, 0) is 4.74 Å². The molecule has 3 heterocycles. The Bertz CT molecular complexity index is 615. The van der Waals surface area contributed by atoms with Gasteiger partial charge >= 0.3 is 0 Å². The lowest BCUT2D eigenvalue weighted by Gasteiger charge is -2.14. The molecule has 3 unspecified atom stereocenters. The van der Waals surface area contributed by atoms with E-state index < -0.39 is 0 Å². The van der Waals surface area contributed by atoms with E-state index in [1.165, 1.54) is 0 Å². The van der Waals surface area contributed by atoms with E-state index in [0.717, 1.165) is 12.8 Å². The molecule has 0 aromatic carbocycles. The molecule has 0 amide bonds. The summed E-state index contributed by atoms with van der Waals surface area (Å²) in [4.78, 5) is 12.3. The maximum absolute atomic E-state index is 6.03. The molecule has 3 rings (SSSR count). The minimum atomic E-state index is -0.0630. The van der Waals surface area contributed by atoms with Crippen LogP contribution in [-0.4, -0.2) is 25.6 Å². The summed E-state index contributed by atoms with van der Waals surface area (Å²) in [6.45, 7) is 4.33.